The third-order valence-corrected chi connectivity index (χ3v) is 3.51. The Balaban J connectivity index is 1.93. The standard InChI is InChI=1S/C13H13NO3/c1-7-2-4-9-8(6-7)3-5-10(9)11-12(15)14-13(16)17-11/h2,4,6,10-11H,3,5H2,1H3,(H,14,15,16)/t10-,11?/m1/s1. The van der Waals surface area contributed by atoms with E-state index in [1.54, 1.807) is 0 Å². The van der Waals surface area contributed by atoms with E-state index in [0.717, 1.165) is 18.4 Å². The molecule has 0 radical (unpaired) electrons. The molecule has 1 fully saturated rings. The van der Waals surface area contributed by atoms with Crippen molar-refractivity contribution in [2.24, 2.45) is 0 Å². The monoisotopic (exact) mass is 231 g/mol. The maximum Gasteiger partial charge on any atom is 0.414 e. The highest BCUT2D eigenvalue weighted by Crippen LogP contribution is 2.38. The summed E-state index contributed by atoms with van der Waals surface area (Å²) in [6.45, 7) is 2.05. The van der Waals surface area contributed by atoms with Gasteiger partial charge in [0, 0.05) is 5.92 Å². The molecular weight excluding hydrogens is 218 g/mol. The average molecular weight is 231 g/mol. The summed E-state index contributed by atoms with van der Waals surface area (Å²) in [4.78, 5) is 22.6. The molecule has 2 amide bonds. The highest BCUT2D eigenvalue weighted by atomic mass is 16.6. The summed E-state index contributed by atoms with van der Waals surface area (Å²) in [7, 11) is 0. The lowest BCUT2D eigenvalue weighted by atomic mass is 9.94. The lowest BCUT2D eigenvalue weighted by Crippen LogP contribution is -2.28. The second-order valence-corrected chi connectivity index (χ2v) is 4.66. The lowest BCUT2D eigenvalue weighted by Gasteiger charge is -2.15. The maximum absolute atomic E-state index is 11.6. The number of nitrogens with one attached hydrogen (secondary N) is 1. The third-order valence-electron chi connectivity index (χ3n) is 3.51. The SMILES string of the molecule is Cc1ccc2c(c1)CC[C@H]2C1OC(=O)NC1=O. The minimum absolute atomic E-state index is 0.0112. The molecule has 1 saturated heterocycles. The first-order chi connectivity index (χ1) is 8.15. The van der Waals surface area contributed by atoms with Crippen LogP contribution in [0.4, 0.5) is 4.79 Å². The van der Waals surface area contributed by atoms with E-state index in [4.69, 9.17) is 4.74 Å². The van der Waals surface area contributed by atoms with Gasteiger partial charge >= 0.3 is 6.09 Å². The summed E-state index contributed by atoms with van der Waals surface area (Å²) in [6.07, 6.45) is 0.541. The van der Waals surface area contributed by atoms with Crippen LogP contribution in [0, 0.1) is 6.92 Å². The van der Waals surface area contributed by atoms with Crippen LogP contribution in [-0.2, 0) is 16.0 Å². The molecule has 1 aromatic carbocycles. The van der Waals surface area contributed by atoms with Crippen molar-refractivity contribution in [2.75, 3.05) is 0 Å². The van der Waals surface area contributed by atoms with Gasteiger partial charge in [-0.05, 0) is 30.9 Å². The number of carbonyl (C=O) groups excluding carboxylic acids is 2. The number of aryl methyl sites for hydroxylation is 2. The van der Waals surface area contributed by atoms with Crippen molar-refractivity contribution in [1.82, 2.24) is 5.32 Å². The topological polar surface area (TPSA) is 55.4 Å². The smallest absolute Gasteiger partial charge is 0.414 e. The third kappa shape index (κ3) is 1.60. The Morgan fingerprint density at radius 3 is 2.88 bits per heavy atom. The molecule has 1 unspecified atom stereocenters. The van der Waals surface area contributed by atoms with Crippen LogP contribution in [0.3, 0.4) is 0 Å². The van der Waals surface area contributed by atoms with Crippen LogP contribution in [0.15, 0.2) is 18.2 Å². The number of hydrogen-bond acceptors (Lipinski definition) is 3. The van der Waals surface area contributed by atoms with Crippen molar-refractivity contribution >= 4 is 12.0 Å². The number of cyclic esters (lactones) is 1. The minimum Gasteiger partial charge on any atom is -0.435 e. The van der Waals surface area contributed by atoms with Crippen molar-refractivity contribution in [1.29, 1.82) is 0 Å². The predicted molar refractivity (Wildman–Crippen MR) is 60.7 cm³/mol. The fourth-order valence-corrected chi connectivity index (χ4v) is 2.73. The van der Waals surface area contributed by atoms with E-state index in [1.807, 2.05) is 12.1 Å². The molecule has 1 aromatic rings. The number of imide groups is 1. The van der Waals surface area contributed by atoms with Gasteiger partial charge in [0.1, 0.15) is 0 Å². The van der Waals surface area contributed by atoms with E-state index < -0.39 is 12.2 Å². The summed E-state index contributed by atoms with van der Waals surface area (Å²) >= 11 is 0. The number of carbonyl (C=O) groups is 2. The van der Waals surface area contributed by atoms with Crippen molar-refractivity contribution in [3.63, 3.8) is 0 Å². The number of fused-ring (bicyclic) bond motifs is 1. The second-order valence-electron chi connectivity index (χ2n) is 4.66. The zero-order valence-corrected chi connectivity index (χ0v) is 9.53. The van der Waals surface area contributed by atoms with Gasteiger partial charge in [0.15, 0.2) is 6.10 Å². The van der Waals surface area contributed by atoms with Crippen LogP contribution in [0.5, 0.6) is 0 Å². The molecule has 0 bridgehead atoms. The largest absolute Gasteiger partial charge is 0.435 e. The lowest BCUT2D eigenvalue weighted by molar-refractivity contribution is -0.124. The first-order valence-corrected chi connectivity index (χ1v) is 5.76. The average Bonchev–Trinajstić information content (AvgIpc) is 2.81. The molecule has 4 nitrogen and oxygen atoms in total. The number of benzene rings is 1. The fourth-order valence-electron chi connectivity index (χ4n) is 2.73. The second kappa shape index (κ2) is 3.58. The van der Waals surface area contributed by atoms with Gasteiger partial charge in [-0.1, -0.05) is 23.8 Å². The molecule has 1 aliphatic heterocycles. The van der Waals surface area contributed by atoms with Gasteiger partial charge in [-0.15, -0.1) is 0 Å². The van der Waals surface area contributed by atoms with Gasteiger partial charge in [0.2, 0.25) is 0 Å². The summed E-state index contributed by atoms with van der Waals surface area (Å²) in [5.41, 5.74) is 3.63. The maximum atomic E-state index is 11.6. The molecule has 0 spiro atoms. The zero-order valence-electron chi connectivity index (χ0n) is 9.53. The first kappa shape index (κ1) is 10.3. The minimum atomic E-state index is -0.647. The molecule has 17 heavy (non-hydrogen) atoms. The van der Waals surface area contributed by atoms with Crippen LogP contribution < -0.4 is 5.32 Å². The van der Waals surface area contributed by atoms with Crippen LogP contribution in [0.2, 0.25) is 0 Å². The number of hydrogen-bond donors (Lipinski definition) is 1. The number of amides is 2. The molecule has 3 rings (SSSR count). The molecule has 4 heteroatoms. The molecule has 0 saturated carbocycles. The van der Waals surface area contributed by atoms with Gasteiger partial charge in [0.05, 0.1) is 0 Å². The fraction of sp³-hybridized carbons (Fsp3) is 0.385. The molecule has 2 atom stereocenters. The summed E-state index contributed by atoms with van der Waals surface area (Å²) in [6, 6.07) is 6.22. The molecule has 1 aliphatic carbocycles. The Morgan fingerprint density at radius 1 is 1.35 bits per heavy atom. The van der Waals surface area contributed by atoms with Crippen molar-refractivity contribution in [3.05, 3.63) is 34.9 Å². The Labute approximate surface area is 99.0 Å². The highest BCUT2D eigenvalue weighted by Gasteiger charge is 2.41. The summed E-state index contributed by atoms with van der Waals surface area (Å²) in [5, 5.41) is 2.19. The van der Waals surface area contributed by atoms with Gasteiger partial charge in [-0.3, -0.25) is 10.1 Å². The summed E-state index contributed by atoms with van der Waals surface area (Å²) < 4.78 is 5.05. The van der Waals surface area contributed by atoms with Crippen LogP contribution in [-0.4, -0.2) is 18.1 Å². The van der Waals surface area contributed by atoms with E-state index in [1.165, 1.54) is 11.1 Å². The van der Waals surface area contributed by atoms with Gasteiger partial charge in [-0.2, -0.15) is 0 Å². The normalized spacial score (nSPS) is 26.6. The Bertz CT molecular complexity index is 509. The number of rotatable bonds is 1. The molecular formula is C13H13NO3. The zero-order chi connectivity index (χ0) is 12.0. The van der Waals surface area contributed by atoms with E-state index in [9.17, 15) is 9.59 Å². The van der Waals surface area contributed by atoms with Crippen molar-refractivity contribution in [3.8, 4) is 0 Å². The first-order valence-electron chi connectivity index (χ1n) is 5.76. The number of alkyl carbamates (subject to hydrolysis) is 1. The van der Waals surface area contributed by atoms with E-state index in [2.05, 4.69) is 18.3 Å². The Morgan fingerprint density at radius 2 is 2.18 bits per heavy atom. The van der Waals surface area contributed by atoms with Gasteiger partial charge in [-0.25, -0.2) is 4.79 Å². The predicted octanol–water partition coefficient (Wildman–Crippen LogP) is 1.66. The van der Waals surface area contributed by atoms with Crippen LogP contribution >= 0.6 is 0 Å². The van der Waals surface area contributed by atoms with Crippen molar-refractivity contribution in [2.45, 2.75) is 31.8 Å². The Kier molecular flexibility index (Phi) is 2.18. The molecule has 1 heterocycles. The number of ether oxygens (including phenoxy) is 1. The van der Waals surface area contributed by atoms with Gasteiger partial charge < -0.3 is 4.74 Å². The molecule has 1 N–H and O–H groups in total. The van der Waals surface area contributed by atoms with E-state index >= 15 is 0 Å². The van der Waals surface area contributed by atoms with Gasteiger partial charge in [0.25, 0.3) is 5.91 Å². The molecule has 2 aliphatic rings. The van der Waals surface area contributed by atoms with Crippen LogP contribution in [0.25, 0.3) is 0 Å². The van der Waals surface area contributed by atoms with E-state index in [0.29, 0.717) is 0 Å². The summed E-state index contributed by atoms with van der Waals surface area (Å²) in [5.74, 6) is -0.300. The van der Waals surface area contributed by atoms with Crippen LogP contribution in [0.1, 0.15) is 29.0 Å². The Hall–Kier alpha value is -1.84. The van der Waals surface area contributed by atoms with E-state index in [-0.39, 0.29) is 11.8 Å². The molecule has 0 aromatic heterocycles. The molecule has 88 valence electrons. The van der Waals surface area contributed by atoms with Crippen molar-refractivity contribution < 1.29 is 14.3 Å². The quantitative estimate of drug-likeness (QED) is 0.799. The highest BCUT2D eigenvalue weighted by molar-refractivity contribution is 6.00.